The topological polar surface area (TPSA) is 75.6 Å². The van der Waals surface area contributed by atoms with Crippen LogP contribution < -0.4 is 10.1 Å². The van der Waals surface area contributed by atoms with E-state index in [0.29, 0.717) is 12.2 Å². The van der Waals surface area contributed by atoms with Crippen LogP contribution in [0.2, 0.25) is 0 Å². The van der Waals surface area contributed by atoms with Gasteiger partial charge in [-0.2, -0.15) is 0 Å². The normalized spacial score (nSPS) is 11.6. The highest BCUT2D eigenvalue weighted by molar-refractivity contribution is 5.86. The number of carboxylic acids is 1. The molecule has 1 atom stereocenters. The van der Waals surface area contributed by atoms with Gasteiger partial charge in [-0.1, -0.05) is 30.3 Å². The molecule has 0 aliphatic rings. The minimum Gasteiger partial charge on any atom is -0.494 e. The molecule has 132 valence electrons. The number of rotatable bonds is 7. The Hall–Kier alpha value is -2.82. The molecule has 0 aliphatic heterocycles. The lowest BCUT2D eigenvalue weighted by Gasteiger charge is -2.18. The fourth-order valence-corrected chi connectivity index (χ4v) is 2.63. The van der Waals surface area contributed by atoms with Gasteiger partial charge in [-0.3, -0.25) is 4.79 Å². The third-order valence-corrected chi connectivity index (χ3v) is 4.11. The molecule has 0 spiro atoms. The average Bonchev–Trinajstić information content (AvgIpc) is 2.57. The van der Waals surface area contributed by atoms with E-state index in [4.69, 9.17) is 4.74 Å². The molecule has 0 radical (unpaired) electrons. The van der Waals surface area contributed by atoms with Crippen molar-refractivity contribution in [2.45, 2.75) is 33.2 Å². The van der Waals surface area contributed by atoms with Crippen molar-refractivity contribution in [3.8, 4) is 5.75 Å². The Morgan fingerprint density at radius 1 is 1.12 bits per heavy atom. The van der Waals surface area contributed by atoms with Gasteiger partial charge < -0.3 is 15.2 Å². The highest BCUT2D eigenvalue weighted by Crippen LogP contribution is 2.21. The Morgan fingerprint density at radius 2 is 1.80 bits per heavy atom. The molecule has 25 heavy (non-hydrogen) atoms. The first-order chi connectivity index (χ1) is 11.9. The molecule has 0 fully saturated rings. The van der Waals surface area contributed by atoms with Gasteiger partial charge in [-0.05, 0) is 55.2 Å². The second-order valence-electron chi connectivity index (χ2n) is 5.88. The summed E-state index contributed by atoms with van der Waals surface area (Å²) in [7, 11) is 0. The first-order valence-corrected chi connectivity index (χ1v) is 8.22. The van der Waals surface area contributed by atoms with Gasteiger partial charge >= 0.3 is 5.97 Å². The zero-order valence-electron chi connectivity index (χ0n) is 14.7. The molecule has 0 saturated carbocycles. The quantitative estimate of drug-likeness (QED) is 0.811. The monoisotopic (exact) mass is 341 g/mol. The lowest BCUT2D eigenvalue weighted by Crippen LogP contribution is -2.35. The molecule has 0 heterocycles. The molecule has 1 unspecified atom stereocenters. The molecule has 5 nitrogen and oxygen atoms in total. The molecule has 5 heteroatoms. The van der Waals surface area contributed by atoms with Crippen LogP contribution in [0.25, 0.3) is 0 Å². The van der Waals surface area contributed by atoms with Crippen LogP contribution in [0, 0.1) is 13.8 Å². The highest BCUT2D eigenvalue weighted by Gasteiger charge is 2.24. The standard InChI is InChI=1S/C20H23NO4/c1-4-25-16-10-8-15(9-11-16)12-18(22)21-19(20(23)24)17-7-5-6-13(2)14(17)3/h5-11,19H,4,12H2,1-3H3,(H,21,22)(H,23,24). The van der Waals surface area contributed by atoms with Gasteiger partial charge in [-0.25, -0.2) is 4.79 Å². The number of hydrogen-bond donors (Lipinski definition) is 2. The molecular weight excluding hydrogens is 318 g/mol. The van der Waals surface area contributed by atoms with Crippen molar-refractivity contribution in [1.82, 2.24) is 5.32 Å². The first kappa shape index (κ1) is 18.5. The molecule has 0 aliphatic carbocycles. The van der Waals surface area contributed by atoms with Crippen molar-refractivity contribution in [3.63, 3.8) is 0 Å². The Labute approximate surface area is 147 Å². The number of benzene rings is 2. The minimum absolute atomic E-state index is 0.112. The predicted octanol–water partition coefficient (Wildman–Crippen LogP) is 3.19. The fraction of sp³-hybridized carbons (Fsp3) is 0.300. The predicted molar refractivity (Wildman–Crippen MR) is 95.8 cm³/mol. The molecule has 2 N–H and O–H groups in total. The third-order valence-electron chi connectivity index (χ3n) is 4.11. The molecule has 2 aromatic rings. The Morgan fingerprint density at radius 3 is 2.40 bits per heavy atom. The summed E-state index contributed by atoms with van der Waals surface area (Å²) in [5.74, 6) is -0.670. The highest BCUT2D eigenvalue weighted by atomic mass is 16.5. The van der Waals surface area contributed by atoms with Gasteiger partial charge in [0.15, 0.2) is 6.04 Å². The number of ether oxygens (including phenoxy) is 1. The van der Waals surface area contributed by atoms with Crippen LogP contribution in [0.4, 0.5) is 0 Å². The van der Waals surface area contributed by atoms with Gasteiger partial charge in [-0.15, -0.1) is 0 Å². The summed E-state index contributed by atoms with van der Waals surface area (Å²) in [6.07, 6.45) is 0.112. The van der Waals surface area contributed by atoms with E-state index >= 15 is 0 Å². The first-order valence-electron chi connectivity index (χ1n) is 8.22. The Kier molecular flexibility index (Phi) is 6.17. The summed E-state index contributed by atoms with van der Waals surface area (Å²) in [6, 6.07) is 11.6. The minimum atomic E-state index is -1.08. The van der Waals surface area contributed by atoms with Crippen LogP contribution in [0.3, 0.4) is 0 Å². The van der Waals surface area contributed by atoms with E-state index in [1.807, 2.05) is 26.8 Å². The van der Waals surface area contributed by atoms with E-state index in [1.54, 1.807) is 36.4 Å². The summed E-state index contributed by atoms with van der Waals surface area (Å²) in [5, 5.41) is 12.1. The molecule has 0 saturated heterocycles. The van der Waals surface area contributed by atoms with Crippen LogP contribution in [-0.4, -0.2) is 23.6 Å². The number of amides is 1. The number of hydrogen-bond acceptors (Lipinski definition) is 3. The van der Waals surface area contributed by atoms with Crippen molar-refractivity contribution in [3.05, 3.63) is 64.7 Å². The second-order valence-corrected chi connectivity index (χ2v) is 5.88. The molecular formula is C20H23NO4. The maximum atomic E-state index is 12.3. The van der Waals surface area contributed by atoms with Gasteiger partial charge in [0.2, 0.25) is 5.91 Å². The summed E-state index contributed by atoms with van der Waals surface area (Å²) in [6.45, 7) is 6.26. The van der Waals surface area contributed by atoms with Gasteiger partial charge in [0, 0.05) is 0 Å². The van der Waals surface area contributed by atoms with E-state index in [2.05, 4.69) is 5.32 Å². The van der Waals surface area contributed by atoms with E-state index in [1.165, 1.54) is 0 Å². The SMILES string of the molecule is CCOc1ccc(CC(=O)NC(C(=O)O)c2cccc(C)c2C)cc1. The number of aryl methyl sites for hydroxylation is 1. The van der Waals surface area contributed by atoms with E-state index in [-0.39, 0.29) is 12.3 Å². The smallest absolute Gasteiger partial charge is 0.330 e. The van der Waals surface area contributed by atoms with E-state index < -0.39 is 12.0 Å². The Balaban J connectivity index is 2.10. The largest absolute Gasteiger partial charge is 0.494 e. The molecule has 1 amide bonds. The van der Waals surface area contributed by atoms with Crippen molar-refractivity contribution in [1.29, 1.82) is 0 Å². The van der Waals surface area contributed by atoms with Crippen molar-refractivity contribution in [2.75, 3.05) is 6.61 Å². The molecule has 2 aromatic carbocycles. The van der Waals surface area contributed by atoms with E-state index in [0.717, 1.165) is 22.4 Å². The van der Waals surface area contributed by atoms with Gasteiger partial charge in [0.25, 0.3) is 0 Å². The van der Waals surface area contributed by atoms with Crippen LogP contribution >= 0.6 is 0 Å². The molecule has 2 rings (SSSR count). The van der Waals surface area contributed by atoms with E-state index in [9.17, 15) is 14.7 Å². The van der Waals surface area contributed by atoms with Crippen LogP contribution in [0.1, 0.15) is 35.2 Å². The lowest BCUT2D eigenvalue weighted by molar-refractivity contribution is -0.142. The van der Waals surface area contributed by atoms with Crippen molar-refractivity contribution < 1.29 is 19.4 Å². The van der Waals surface area contributed by atoms with Crippen molar-refractivity contribution >= 4 is 11.9 Å². The average molecular weight is 341 g/mol. The number of aliphatic carboxylic acids is 1. The number of carboxylic acid groups (broad SMARTS) is 1. The zero-order chi connectivity index (χ0) is 18.4. The summed E-state index contributed by atoms with van der Waals surface area (Å²) in [4.78, 5) is 23.9. The summed E-state index contributed by atoms with van der Waals surface area (Å²) < 4.78 is 5.37. The molecule has 0 bridgehead atoms. The maximum absolute atomic E-state index is 12.3. The third kappa shape index (κ3) is 4.83. The Bertz CT molecular complexity index is 753. The van der Waals surface area contributed by atoms with Crippen LogP contribution in [0.15, 0.2) is 42.5 Å². The number of nitrogens with one attached hydrogen (secondary N) is 1. The summed E-state index contributed by atoms with van der Waals surface area (Å²) in [5.41, 5.74) is 3.26. The van der Waals surface area contributed by atoms with Gasteiger partial charge in [0.1, 0.15) is 5.75 Å². The van der Waals surface area contributed by atoms with Gasteiger partial charge in [0.05, 0.1) is 13.0 Å². The fourth-order valence-electron chi connectivity index (χ4n) is 2.63. The number of carbonyl (C=O) groups is 2. The lowest BCUT2D eigenvalue weighted by atomic mass is 9.97. The van der Waals surface area contributed by atoms with Crippen LogP contribution in [-0.2, 0) is 16.0 Å². The zero-order valence-corrected chi connectivity index (χ0v) is 14.7. The maximum Gasteiger partial charge on any atom is 0.330 e. The second kappa shape index (κ2) is 8.33. The molecule has 0 aromatic heterocycles. The van der Waals surface area contributed by atoms with Crippen molar-refractivity contribution in [2.24, 2.45) is 0 Å². The summed E-state index contributed by atoms with van der Waals surface area (Å²) >= 11 is 0. The number of carbonyl (C=O) groups excluding carboxylic acids is 1. The van der Waals surface area contributed by atoms with Crippen LogP contribution in [0.5, 0.6) is 5.75 Å².